The lowest BCUT2D eigenvalue weighted by Crippen LogP contribution is -2.52. The summed E-state index contributed by atoms with van der Waals surface area (Å²) in [4.78, 5) is 25.1. The summed E-state index contributed by atoms with van der Waals surface area (Å²) in [6.07, 6.45) is 0.384. The summed E-state index contributed by atoms with van der Waals surface area (Å²) < 4.78 is 13.8. The Balaban J connectivity index is 2.00. The summed E-state index contributed by atoms with van der Waals surface area (Å²) >= 11 is 0. The molecular weight excluding hydrogens is 343 g/mol. The molecule has 0 aliphatic carbocycles. The van der Waals surface area contributed by atoms with Crippen molar-refractivity contribution in [3.8, 4) is 0 Å². The van der Waals surface area contributed by atoms with Gasteiger partial charge in [0.15, 0.2) is 0 Å². The highest BCUT2D eigenvalue weighted by Crippen LogP contribution is 2.11. The number of hydrogen-bond acceptors (Lipinski definition) is 2. The van der Waals surface area contributed by atoms with E-state index in [1.54, 1.807) is 30.3 Å². The van der Waals surface area contributed by atoms with Crippen LogP contribution in [0.3, 0.4) is 0 Å². The summed E-state index contributed by atoms with van der Waals surface area (Å²) in [6.45, 7) is 7.52. The second kappa shape index (κ2) is 9.31. The number of halogens is 1. The third kappa shape index (κ3) is 5.91. The van der Waals surface area contributed by atoms with Gasteiger partial charge in [-0.15, -0.1) is 0 Å². The van der Waals surface area contributed by atoms with E-state index in [4.69, 9.17) is 0 Å². The smallest absolute Gasteiger partial charge is 0.251 e. The Hall–Kier alpha value is -2.69. The minimum absolute atomic E-state index is 0.0833. The van der Waals surface area contributed by atoms with Crippen LogP contribution in [-0.2, 0) is 11.2 Å². The van der Waals surface area contributed by atoms with E-state index in [0.29, 0.717) is 17.5 Å². The zero-order chi connectivity index (χ0) is 20.0. The van der Waals surface area contributed by atoms with Crippen molar-refractivity contribution < 1.29 is 14.0 Å². The van der Waals surface area contributed by atoms with Gasteiger partial charge in [0.05, 0.1) is 0 Å². The molecule has 144 valence electrons. The van der Waals surface area contributed by atoms with Gasteiger partial charge in [0.2, 0.25) is 5.91 Å². The van der Waals surface area contributed by atoms with Gasteiger partial charge in [-0.2, -0.15) is 0 Å². The Morgan fingerprint density at radius 1 is 0.963 bits per heavy atom. The molecule has 0 radical (unpaired) electrons. The number of amides is 2. The average molecular weight is 370 g/mol. The molecule has 2 aromatic carbocycles. The molecule has 0 aromatic heterocycles. The number of hydrogen-bond donors (Lipinski definition) is 2. The highest BCUT2D eigenvalue weighted by atomic mass is 19.1. The predicted octanol–water partition coefficient (Wildman–Crippen LogP) is 3.64. The lowest BCUT2D eigenvalue weighted by Gasteiger charge is -2.24. The second-order valence-electron chi connectivity index (χ2n) is 7.27. The van der Waals surface area contributed by atoms with Crippen LogP contribution in [0.5, 0.6) is 0 Å². The molecule has 0 saturated carbocycles. The van der Waals surface area contributed by atoms with Crippen molar-refractivity contribution in [2.75, 3.05) is 0 Å². The van der Waals surface area contributed by atoms with Crippen LogP contribution in [0, 0.1) is 18.7 Å². The Morgan fingerprint density at radius 3 is 2.19 bits per heavy atom. The summed E-state index contributed by atoms with van der Waals surface area (Å²) in [5.41, 5.74) is 2.13. The largest absolute Gasteiger partial charge is 0.352 e. The zero-order valence-corrected chi connectivity index (χ0v) is 16.3. The van der Waals surface area contributed by atoms with Crippen LogP contribution in [0.15, 0.2) is 48.5 Å². The normalized spacial score (nSPS) is 13.1. The summed E-state index contributed by atoms with van der Waals surface area (Å²) in [5.74, 6) is -0.924. The van der Waals surface area contributed by atoms with Crippen molar-refractivity contribution in [3.63, 3.8) is 0 Å². The maximum absolute atomic E-state index is 13.8. The molecular formula is C22H27FN2O2. The van der Waals surface area contributed by atoms with Gasteiger partial charge in [-0.1, -0.05) is 49.7 Å². The van der Waals surface area contributed by atoms with E-state index in [1.807, 2.05) is 39.8 Å². The van der Waals surface area contributed by atoms with Crippen LogP contribution in [0.25, 0.3) is 0 Å². The molecule has 2 rings (SSSR count). The van der Waals surface area contributed by atoms with Crippen LogP contribution in [0.4, 0.5) is 4.39 Å². The zero-order valence-electron chi connectivity index (χ0n) is 16.3. The quantitative estimate of drug-likeness (QED) is 0.782. The minimum atomic E-state index is -0.665. The topological polar surface area (TPSA) is 58.2 Å². The van der Waals surface area contributed by atoms with Gasteiger partial charge < -0.3 is 10.6 Å². The Morgan fingerprint density at radius 2 is 1.59 bits per heavy atom. The number of rotatable bonds is 7. The molecule has 0 saturated heterocycles. The highest BCUT2D eigenvalue weighted by Gasteiger charge is 2.25. The first-order chi connectivity index (χ1) is 12.8. The molecule has 2 amide bonds. The molecule has 2 N–H and O–H groups in total. The third-order valence-corrected chi connectivity index (χ3v) is 4.42. The van der Waals surface area contributed by atoms with Crippen LogP contribution in [0.2, 0.25) is 0 Å². The van der Waals surface area contributed by atoms with Crippen LogP contribution in [-0.4, -0.2) is 23.9 Å². The maximum atomic E-state index is 13.8. The van der Waals surface area contributed by atoms with E-state index in [0.717, 1.165) is 5.56 Å². The molecule has 27 heavy (non-hydrogen) atoms. The van der Waals surface area contributed by atoms with Crippen molar-refractivity contribution in [2.24, 2.45) is 5.92 Å². The third-order valence-electron chi connectivity index (χ3n) is 4.42. The molecule has 2 unspecified atom stereocenters. The first-order valence-corrected chi connectivity index (χ1v) is 9.19. The first-order valence-electron chi connectivity index (χ1n) is 9.19. The molecule has 0 aliphatic heterocycles. The molecule has 4 nitrogen and oxygen atoms in total. The summed E-state index contributed by atoms with van der Waals surface area (Å²) in [5, 5.41) is 5.69. The standard InChI is InChI=1S/C22H27FN2O2/c1-14(2)20(25-21(26)17-11-9-15(3)10-12-17)22(27)24-16(4)13-18-7-5-6-8-19(18)23/h5-12,14,16,20H,13H2,1-4H3,(H,24,27)(H,25,26). The van der Waals surface area contributed by atoms with Crippen LogP contribution >= 0.6 is 0 Å². The van der Waals surface area contributed by atoms with Gasteiger partial charge in [0.25, 0.3) is 5.91 Å². The fraction of sp³-hybridized carbons (Fsp3) is 0.364. The lowest BCUT2D eigenvalue weighted by atomic mass is 10.0. The van der Waals surface area contributed by atoms with E-state index in [2.05, 4.69) is 10.6 Å². The van der Waals surface area contributed by atoms with Gasteiger partial charge in [-0.25, -0.2) is 4.39 Å². The average Bonchev–Trinajstić information content (AvgIpc) is 2.61. The molecule has 0 heterocycles. The number of carbonyl (C=O) groups excluding carboxylic acids is 2. The fourth-order valence-electron chi connectivity index (χ4n) is 2.84. The maximum Gasteiger partial charge on any atom is 0.251 e. The monoisotopic (exact) mass is 370 g/mol. The minimum Gasteiger partial charge on any atom is -0.352 e. The molecule has 2 aromatic rings. The highest BCUT2D eigenvalue weighted by molar-refractivity contribution is 5.97. The number of nitrogens with one attached hydrogen (secondary N) is 2. The van der Waals surface area contributed by atoms with Crippen molar-refractivity contribution >= 4 is 11.8 Å². The number of carbonyl (C=O) groups is 2. The molecule has 2 atom stereocenters. The Labute approximate surface area is 160 Å². The van der Waals surface area contributed by atoms with Crippen molar-refractivity contribution in [1.82, 2.24) is 10.6 Å². The van der Waals surface area contributed by atoms with Crippen molar-refractivity contribution in [3.05, 3.63) is 71.0 Å². The van der Waals surface area contributed by atoms with Gasteiger partial charge in [-0.3, -0.25) is 9.59 Å². The van der Waals surface area contributed by atoms with Gasteiger partial charge in [-0.05, 0) is 49.9 Å². The lowest BCUT2D eigenvalue weighted by molar-refractivity contribution is -0.124. The Bertz CT molecular complexity index is 787. The van der Waals surface area contributed by atoms with Crippen LogP contribution < -0.4 is 10.6 Å². The molecule has 0 aliphatic rings. The second-order valence-corrected chi connectivity index (χ2v) is 7.27. The van der Waals surface area contributed by atoms with Crippen molar-refractivity contribution in [2.45, 2.75) is 46.2 Å². The predicted molar refractivity (Wildman–Crippen MR) is 105 cm³/mol. The molecule has 5 heteroatoms. The summed E-state index contributed by atoms with van der Waals surface area (Å²) in [6, 6.07) is 12.8. The molecule has 0 bridgehead atoms. The fourth-order valence-corrected chi connectivity index (χ4v) is 2.84. The summed E-state index contributed by atoms with van der Waals surface area (Å²) in [7, 11) is 0. The van der Waals surface area contributed by atoms with E-state index in [-0.39, 0.29) is 29.6 Å². The molecule has 0 fully saturated rings. The SMILES string of the molecule is Cc1ccc(C(=O)NC(C(=O)NC(C)Cc2ccccc2F)C(C)C)cc1. The van der Waals surface area contributed by atoms with Crippen molar-refractivity contribution in [1.29, 1.82) is 0 Å². The van der Waals surface area contributed by atoms with E-state index >= 15 is 0 Å². The Kier molecular flexibility index (Phi) is 7.11. The molecule has 0 spiro atoms. The van der Waals surface area contributed by atoms with Gasteiger partial charge >= 0.3 is 0 Å². The van der Waals surface area contributed by atoms with E-state index in [9.17, 15) is 14.0 Å². The number of benzene rings is 2. The van der Waals surface area contributed by atoms with Gasteiger partial charge in [0.1, 0.15) is 11.9 Å². The number of aryl methyl sites for hydroxylation is 1. The van der Waals surface area contributed by atoms with E-state index in [1.165, 1.54) is 6.07 Å². The first kappa shape index (κ1) is 20.6. The van der Waals surface area contributed by atoms with Crippen LogP contribution in [0.1, 0.15) is 42.3 Å². The van der Waals surface area contributed by atoms with Gasteiger partial charge in [0, 0.05) is 11.6 Å². The van der Waals surface area contributed by atoms with E-state index < -0.39 is 6.04 Å².